The highest BCUT2D eigenvalue weighted by atomic mass is 32.2. The van der Waals surface area contributed by atoms with E-state index in [-0.39, 0.29) is 16.4 Å². The maximum Gasteiger partial charge on any atom is 0.255 e. The standard InChI is InChI=1S/C20H29N3O4S/c1-27-19-10-9-17(28(21,25)26)12-18(19)20(24)22-13-16-8-5-11-23(16)14-15-6-3-2-4-7-15/h6,9-10,12,16H,2-5,7-8,11,13-14H2,1H3,(H,22,24)(H2,21,25,26). The van der Waals surface area contributed by atoms with Crippen LogP contribution in [0.4, 0.5) is 0 Å². The van der Waals surface area contributed by atoms with Crippen molar-refractivity contribution in [2.45, 2.75) is 49.5 Å². The number of benzene rings is 1. The molecule has 1 amide bonds. The number of rotatable bonds is 7. The number of nitrogens with one attached hydrogen (secondary N) is 1. The molecule has 1 aliphatic heterocycles. The Labute approximate surface area is 167 Å². The molecule has 1 fully saturated rings. The van der Waals surface area contributed by atoms with Crippen LogP contribution in [0.15, 0.2) is 34.7 Å². The third-order valence-corrected chi connectivity index (χ3v) is 6.44. The zero-order valence-corrected chi connectivity index (χ0v) is 17.1. The Morgan fingerprint density at radius 1 is 1.32 bits per heavy atom. The molecule has 1 atom stereocenters. The van der Waals surface area contributed by atoms with Gasteiger partial charge in [0.1, 0.15) is 5.75 Å². The molecular formula is C20H29N3O4S. The number of carbonyl (C=O) groups is 1. The summed E-state index contributed by atoms with van der Waals surface area (Å²) in [5, 5.41) is 8.13. The van der Waals surface area contributed by atoms with E-state index in [1.807, 2.05) is 0 Å². The number of carbonyl (C=O) groups excluding carboxylic acids is 1. The summed E-state index contributed by atoms with van der Waals surface area (Å²) in [4.78, 5) is 15.0. The van der Waals surface area contributed by atoms with Crippen LogP contribution in [0.3, 0.4) is 0 Å². The highest BCUT2D eigenvalue weighted by Crippen LogP contribution is 2.24. The Kier molecular flexibility index (Phi) is 6.74. The van der Waals surface area contributed by atoms with Crippen LogP contribution in [0.1, 0.15) is 48.9 Å². The second kappa shape index (κ2) is 9.07. The molecule has 3 rings (SSSR count). The van der Waals surface area contributed by atoms with Gasteiger partial charge in [-0.25, -0.2) is 13.6 Å². The summed E-state index contributed by atoms with van der Waals surface area (Å²) >= 11 is 0. The lowest BCUT2D eigenvalue weighted by molar-refractivity contribution is 0.0938. The average molecular weight is 408 g/mol. The van der Waals surface area contributed by atoms with Gasteiger partial charge in [-0.05, 0) is 63.3 Å². The van der Waals surface area contributed by atoms with Gasteiger partial charge in [0.25, 0.3) is 5.91 Å². The van der Waals surface area contributed by atoms with Crippen molar-refractivity contribution in [3.8, 4) is 5.75 Å². The Morgan fingerprint density at radius 3 is 2.82 bits per heavy atom. The second-order valence-corrected chi connectivity index (χ2v) is 9.05. The monoisotopic (exact) mass is 407 g/mol. The summed E-state index contributed by atoms with van der Waals surface area (Å²) in [6.07, 6.45) is 9.42. The maximum absolute atomic E-state index is 12.7. The fourth-order valence-electron chi connectivity index (χ4n) is 3.99. The number of nitrogens with zero attached hydrogens (tertiary/aromatic N) is 1. The fourth-order valence-corrected chi connectivity index (χ4v) is 4.53. The first kappa shape index (κ1) is 20.8. The third-order valence-electron chi connectivity index (χ3n) is 5.53. The number of nitrogens with two attached hydrogens (primary N) is 1. The van der Waals surface area contributed by atoms with E-state index in [1.165, 1.54) is 56.6 Å². The van der Waals surface area contributed by atoms with E-state index in [4.69, 9.17) is 9.88 Å². The smallest absolute Gasteiger partial charge is 0.255 e. The van der Waals surface area contributed by atoms with Crippen LogP contribution < -0.4 is 15.2 Å². The summed E-state index contributed by atoms with van der Waals surface area (Å²) < 4.78 is 28.4. The predicted octanol–water partition coefficient (Wildman–Crippen LogP) is 2.04. The number of likely N-dealkylation sites (tertiary alicyclic amines) is 1. The molecule has 1 heterocycles. The molecule has 1 aromatic rings. The number of methoxy groups -OCH3 is 1. The van der Waals surface area contributed by atoms with Crippen LogP contribution >= 0.6 is 0 Å². The van der Waals surface area contributed by atoms with Crippen LogP contribution in [-0.4, -0.2) is 52.0 Å². The van der Waals surface area contributed by atoms with Crippen LogP contribution in [-0.2, 0) is 10.0 Å². The largest absolute Gasteiger partial charge is 0.496 e. The SMILES string of the molecule is COc1ccc(S(N)(=O)=O)cc1C(=O)NCC1CCCN1CC1=CCCCC1. The zero-order valence-electron chi connectivity index (χ0n) is 16.3. The summed E-state index contributed by atoms with van der Waals surface area (Å²) in [6, 6.07) is 4.34. The van der Waals surface area contributed by atoms with E-state index in [2.05, 4.69) is 16.3 Å². The molecule has 0 spiro atoms. The van der Waals surface area contributed by atoms with Gasteiger partial charge >= 0.3 is 0 Å². The highest BCUT2D eigenvalue weighted by molar-refractivity contribution is 7.89. The van der Waals surface area contributed by atoms with E-state index >= 15 is 0 Å². The molecule has 1 saturated heterocycles. The van der Waals surface area contributed by atoms with Crippen molar-refractivity contribution in [2.75, 3.05) is 26.7 Å². The van der Waals surface area contributed by atoms with Gasteiger partial charge in [0, 0.05) is 19.1 Å². The Morgan fingerprint density at radius 2 is 2.14 bits per heavy atom. The predicted molar refractivity (Wildman–Crippen MR) is 108 cm³/mol. The van der Waals surface area contributed by atoms with Crippen LogP contribution in [0.25, 0.3) is 0 Å². The zero-order chi connectivity index (χ0) is 20.1. The number of amides is 1. The number of sulfonamides is 1. The Balaban J connectivity index is 1.65. The molecule has 1 unspecified atom stereocenters. The lowest BCUT2D eigenvalue weighted by Crippen LogP contribution is -2.41. The second-order valence-electron chi connectivity index (χ2n) is 7.49. The summed E-state index contributed by atoms with van der Waals surface area (Å²) in [6.45, 7) is 2.54. The van der Waals surface area contributed by atoms with E-state index in [1.54, 1.807) is 0 Å². The number of allylic oxidation sites excluding steroid dienone is 1. The van der Waals surface area contributed by atoms with Gasteiger partial charge in [-0.2, -0.15) is 0 Å². The van der Waals surface area contributed by atoms with Gasteiger partial charge in [0.05, 0.1) is 17.6 Å². The van der Waals surface area contributed by atoms with E-state index in [0.717, 1.165) is 25.9 Å². The van der Waals surface area contributed by atoms with E-state index in [0.29, 0.717) is 18.3 Å². The molecule has 1 aliphatic carbocycles. The van der Waals surface area contributed by atoms with Gasteiger partial charge in [0.2, 0.25) is 10.0 Å². The van der Waals surface area contributed by atoms with Crippen molar-refractivity contribution in [3.05, 3.63) is 35.4 Å². The average Bonchev–Trinajstić information content (AvgIpc) is 3.12. The summed E-state index contributed by atoms with van der Waals surface area (Å²) in [7, 11) is -2.45. The first-order valence-corrected chi connectivity index (χ1v) is 11.3. The van der Waals surface area contributed by atoms with Gasteiger partial charge < -0.3 is 10.1 Å². The molecule has 7 nitrogen and oxygen atoms in total. The quantitative estimate of drug-likeness (QED) is 0.674. The number of ether oxygens (including phenoxy) is 1. The normalized spacial score (nSPS) is 20.6. The van der Waals surface area contributed by atoms with Crippen molar-refractivity contribution in [1.82, 2.24) is 10.2 Å². The molecule has 1 aromatic carbocycles. The summed E-state index contributed by atoms with van der Waals surface area (Å²) in [5.41, 5.74) is 1.68. The van der Waals surface area contributed by atoms with Crippen molar-refractivity contribution in [1.29, 1.82) is 0 Å². The fraction of sp³-hybridized carbons (Fsp3) is 0.550. The molecule has 0 bridgehead atoms. The topological polar surface area (TPSA) is 102 Å². The van der Waals surface area contributed by atoms with Gasteiger partial charge in [-0.3, -0.25) is 9.69 Å². The van der Waals surface area contributed by atoms with Crippen molar-refractivity contribution < 1.29 is 17.9 Å². The van der Waals surface area contributed by atoms with Gasteiger partial charge in [-0.15, -0.1) is 0 Å². The number of hydrogen-bond donors (Lipinski definition) is 2. The molecule has 154 valence electrons. The Bertz CT molecular complexity index is 851. The molecule has 2 aliphatic rings. The molecule has 0 aromatic heterocycles. The number of hydrogen-bond acceptors (Lipinski definition) is 5. The Hall–Kier alpha value is -1.90. The van der Waals surface area contributed by atoms with Crippen LogP contribution in [0.5, 0.6) is 5.75 Å². The maximum atomic E-state index is 12.7. The lowest BCUT2D eigenvalue weighted by atomic mass is 9.99. The van der Waals surface area contributed by atoms with Gasteiger partial charge in [-0.1, -0.05) is 11.6 Å². The van der Waals surface area contributed by atoms with Crippen LogP contribution in [0.2, 0.25) is 0 Å². The first-order chi connectivity index (χ1) is 13.4. The van der Waals surface area contributed by atoms with Crippen LogP contribution in [0, 0.1) is 0 Å². The molecule has 28 heavy (non-hydrogen) atoms. The minimum absolute atomic E-state index is 0.106. The molecule has 8 heteroatoms. The molecule has 3 N–H and O–H groups in total. The van der Waals surface area contributed by atoms with E-state index in [9.17, 15) is 13.2 Å². The molecule has 0 saturated carbocycles. The first-order valence-electron chi connectivity index (χ1n) is 9.79. The molecular weight excluding hydrogens is 378 g/mol. The minimum Gasteiger partial charge on any atom is -0.496 e. The summed E-state index contributed by atoms with van der Waals surface area (Å²) in [5.74, 6) is -0.0355. The molecule has 0 radical (unpaired) electrons. The minimum atomic E-state index is -3.89. The number of primary sulfonamides is 1. The highest BCUT2D eigenvalue weighted by Gasteiger charge is 2.26. The lowest BCUT2D eigenvalue weighted by Gasteiger charge is -2.27. The van der Waals surface area contributed by atoms with Crippen molar-refractivity contribution in [2.24, 2.45) is 5.14 Å². The van der Waals surface area contributed by atoms with E-state index < -0.39 is 10.0 Å². The van der Waals surface area contributed by atoms with Gasteiger partial charge in [0.15, 0.2) is 0 Å². The third kappa shape index (κ3) is 5.12. The van der Waals surface area contributed by atoms with Crippen molar-refractivity contribution in [3.63, 3.8) is 0 Å². The van der Waals surface area contributed by atoms with Crippen molar-refractivity contribution >= 4 is 15.9 Å².